The molecule has 0 atom stereocenters. The van der Waals surface area contributed by atoms with Crippen molar-refractivity contribution in [2.45, 2.75) is 55.4 Å². The van der Waals surface area contributed by atoms with Gasteiger partial charge < -0.3 is 0 Å². The Morgan fingerprint density at radius 1 is 0.375 bits per heavy atom. The zero-order chi connectivity index (χ0) is 23.9. The van der Waals surface area contributed by atoms with Crippen LogP contribution in [0.5, 0.6) is 0 Å². The van der Waals surface area contributed by atoms with Crippen molar-refractivity contribution >= 4 is 0 Å². The van der Waals surface area contributed by atoms with Crippen LogP contribution in [0.15, 0.2) is 78.9 Å². The van der Waals surface area contributed by atoms with Crippen molar-refractivity contribution in [3.8, 4) is 34.2 Å². The third kappa shape index (κ3) is 7.42. The van der Waals surface area contributed by atoms with Gasteiger partial charge in [-0.05, 0) is 13.8 Å². The number of hydrogen-bond donors (Lipinski definition) is 0. The Balaban J connectivity index is 0.000000789. The van der Waals surface area contributed by atoms with Gasteiger partial charge in [-0.2, -0.15) is 0 Å². The average molecular weight is 428 g/mol. The molecule has 0 N–H and O–H groups in total. The molecule has 32 heavy (non-hydrogen) atoms. The molecule has 0 saturated heterocycles. The maximum atomic E-state index is 4.74. The number of rotatable bonds is 3. The number of nitrogens with zero attached hydrogens (tertiary/aromatic N) is 3. The van der Waals surface area contributed by atoms with Crippen LogP contribution in [0.25, 0.3) is 34.2 Å². The van der Waals surface area contributed by atoms with E-state index in [1.54, 1.807) is 0 Å². The van der Waals surface area contributed by atoms with Crippen LogP contribution >= 0.6 is 0 Å². The summed E-state index contributed by atoms with van der Waals surface area (Å²) in [6.45, 7) is 16.1. The highest BCUT2D eigenvalue weighted by molar-refractivity contribution is 5.66. The average Bonchev–Trinajstić information content (AvgIpc) is 2.89. The Hall–Kier alpha value is -3.33. The molecule has 3 heteroatoms. The van der Waals surface area contributed by atoms with Gasteiger partial charge in [-0.3, -0.25) is 0 Å². The van der Waals surface area contributed by atoms with Gasteiger partial charge in [-0.15, -0.1) is 0 Å². The first-order valence-electron chi connectivity index (χ1n) is 11.6. The minimum absolute atomic E-state index is 0.687. The fourth-order valence-corrected chi connectivity index (χ4v) is 2.76. The van der Waals surface area contributed by atoms with Gasteiger partial charge in [0, 0.05) is 16.7 Å². The second kappa shape index (κ2) is 14.6. The maximum Gasteiger partial charge on any atom is 0.164 e. The molecule has 1 heterocycles. The summed E-state index contributed by atoms with van der Waals surface area (Å²) in [7, 11) is 0. The van der Waals surface area contributed by atoms with E-state index in [2.05, 4.69) is 62.4 Å². The highest BCUT2D eigenvalue weighted by atomic mass is 15.0. The molecule has 0 aliphatic heterocycles. The van der Waals surface area contributed by atoms with Gasteiger partial charge in [0.25, 0.3) is 0 Å². The van der Waals surface area contributed by atoms with Crippen LogP contribution in [-0.4, -0.2) is 15.0 Å². The second-order valence-corrected chi connectivity index (χ2v) is 6.40. The van der Waals surface area contributed by atoms with Crippen LogP contribution in [0.3, 0.4) is 0 Å². The summed E-state index contributed by atoms with van der Waals surface area (Å²) in [5.74, 6) is 2.07. The summed E-state index contributed by atoms with van der Waals surface area (Å²) in [6, 6.07) is 26.5. The van der Waals surface area contributed by atoms with E-state index in [-0.39, 0.29) is 0 Å². The highest BCUT2D eigenvalue weighted by Crippen LogP contribution is 2.24. The lowest BCUT2D eigenvalue weighted by molar-refractivity contribution is 1.07. The molecule has 0 radical (unpaired) electrons. The van der Waals surface area contributed by atoms with Crippen molar-refractivity contribution in [3.05, 3.63) is 90.0 Å². The lowest BCUT2D eigenvalue weighted by atomic mass is 10.1. The van der Waals surface area contributed by atoms with Crippen molar-refractivity contribution in [2.24, 2.45) is 0 Å². The predicted molar refractivity (Wildman–Crippen MR) is 140 cm³/mol. The van der Waals surface area contributed by atoms with E-state index in [1.807, 2.05) is 71.9 Å². The molecular formula is C29H37N3. The molecule has 0 unspecified atom stereocenters. The monoisotopic (exact) mass is 427 g/mol. The Labute approximate surface area is 194 Å². The van der Waals surface area contributed by atoms with E-state index in [4.69, 9.17) is 15.0 Å². The van der Waals surface area contributed by atoms with Crippen LogP contribution in [0, 0.1) is 13.8 Å². The molecule has 0 spiro atoms. The molecule has 0 aliphatic rings. The van der Waals surface area contributed by atoms with E-state index >= 15 is 0 Å². The van der Waals surface area contributed by atoms with Gasteiger partial charge in [0.2, 0.25) is 0 Å². The van der Waals surface area contributed by atoms with Crippen LogP contribution in [0.1, 0.15) is 52.7 Å². The number of aryl methyl sites for hydroxylation is 2. The molecule has 4 rings (SSSR count). The lowest BCUT2D eigenvalue weighted by Gasteiger charge is -2.08. The Kier molecular flexibility index (Phi) is 12.2. The predicted octanol–water partition coefficient (Wildman–Crippen LogP) is 8.57. The van der Waals surface area contributed by atoms with Gasteiger partial charge in [-0.1, -0.05) is 132 Å². The Bertz CT molecular complexity index is 958. The molecule has 168 valence electrons. The van der Waals surface area contributed by atoms with Gasteiger partial charge in [-0.25, -0.2) is 15.0 Å². The molecule has 3 aromatic carbocycles. The van der Waals surface area contributed by atoms with Crippen molar-refractivity contribution in [2.75, 3.05) is 0 Å². The molecule has 1 aromatic heterocycles. The van der Waals surface area contributed by atoms with E-state index in [9.17, 15) is 0 Å². The smallest absolute Gasteiger partial charge is 0.164 e. The van der Waals surface area contributed by atoms with Crippen molar-refractivity contribution in [1.29, 1.82) is 0 Å². The normalized spacial score (nSPS) is 9.25. The first-order chi connectivity index (χ1) is 15.7. The third-order valence-corrected chi connectivity index (χ3v) is 4.29. The first kappa shape index (κ1) is 26.7. The fourth-order valence-electron chi connectivity index (χ4n) is 2.76. The molecule has 0 aliphatic carbocycles. The zero-order valence-electron chi connectivity index (χ0n) is 20.8. The Morgan fingerprint density at radius 2 is 0.656 bits per heavy atom. The highest BCUT2D eigenvalue weighted by Gasteiger charge is 2.11. The molecule has 0 amide bonds. The fraction of sp³-hybridized carbons (Fsp3) is 0.276. The number of aromatic nitrogens is 3. The largest absolute Gasteiger partial charge is 0.208 e. The molecule has 0 bridgehead atoms. The summed E-state index contributed by atoms with van der Waals surface area (Å²) in [5, 5.41) is 0. The van der Waals surface area contributed by atoms with E-state index in [0.717, 1.165) is 16.7 Å². The molecule has 0 fully saturated rings. The summed E-state index contributed by atoms with van der Waals surface area (Å²) in [4.78, 5) is 14.2. The summed E-state index contributed by atoms with van der Waals surface area (Å²) < 4.78 is 0. The molecule has 4 aromatic rings. The Morgan fingerprint density at radius 3 is 0.969 bits per heavy atom. The standard InChI is InChI=1S/C23H19N3.3C2H6/c1-16-8-12-19(13-9-16)22-24-21(18-6-4-3-5-7-18)25-23(26-22)20-14-10-17(2)11-15-20;3*1-2/h3-15H,1-2H3;3*1-2H3. The topological polar surface area (TPSA) is 38.7 Å². The van der Waals surface area contributed by atoms with Gasteiger partial charge in [0.1, 0.15) is 0 Å². The quantitative estimate of drug-likeness (QED) is 0.328. The van der Waals surface area contributed by atoms with Gasteiger partial charge >= 0.3 is 0 Å². The summed E-state index contributed by atoms with van der Waals surface area (Å²) >= 11 is 0. The van der Waals surface area contributed by atoms with Crippen LogP contribution in [-0.2, 0) is 0 Å². The maximum absolute atomic E-state index is 4.74. The second-order valence-electron chi connectivity index (χ2n) is 6.40. The minimum Gasteiger partial charge on any atom is -0.208 e. The third-order valence-electron chi connectivity index (χ3n) is 4.29. The van der Waals surface area contributed by atoms with Crippen molar-refractivity contribution < 1.29 is 0 Å². The minimum atomic E-state index is 0.687. The van der Waals surface area contributed by atoms with E-state index in [1.165, 1.54) is 11.1 Å². The van der Waals surface area contributed by atoms with Crippen molar-refractivity contribution in [3.63, 3.8) is 0 Å². The van der Waals surface area contributed by atoms with Crippen molar-refractivity contribution in [1.82, 2.24) is 15.0 Å². The summed E-state index contributed by atoms with van der Waals surface area (Å²) in [6.07, 6.45) is 0. The zero-order valence-corrected chi connectivity index (χ0v) is 20.8. The summed E-state index contributed by atoms with van der Waals surface area (Å²) in [5.41, 5.74) is 5.39. The number of benzene rings is 3. The first-order valence-corrected chi connectivity index (χ1v) is 11.6. The van der Waals surface area contributed by atoms with Gasteiger partial charge in [0.15, 0.2) is 17.5 Å². The molecule has 0 saturated carbocycles. The SMILES string of the molecule is CC.CC.CC.Cc1ccc(-c2nc(-c3ccccc3)nc(-c3ccc(C)cc3)n2)cc1. The van der Waals surface area contributed by atoms with E-state index in [0.29, 0.717) is 17.5 Å². The lowest BCUT2D eigenvalue weighted by Crippen LogP contribution is -2.00. The van der Waals surface area contributed by atoms with Crippen LogP contribution in [0.2, 0.25) is 0 Å². The molecular weight excluding hydrogens is 390 g/mol. The van der Waals surface area contributed by atoms with Crippen LogP contribution in [0.4, 0.5) is 0 Å². The van der Waals surface area contributed by atoms with Crippen LogP contribution < -0.4 is 0 Å². The number of hydrogen-bond acceptors (Lipinski definition) is 3. The van der Waals surface area contributed by atoms with Gasteiger partial charge in [0.05, 0.1) is 0 Å². The molecule has 3 nitrogen and oxygen atoms in total. The van der Waals surface area contributed by atoms with E-state index < -0.39 is 0 Å².